The van der Waals surface area contributed by atoms with E-state index in [2.05, 4.69) is 60.9 Å². The van der Waals surface area contributed by atoms with Crippen LogP contribution in [0.5, 0.6) is 0 Å². The number of hydrogen-bond acceptors (Lipinski definition) is 2. The van der Waals surface area contributed by atoms with Crippen LogP contribution in [0, 0.1) is 0 Å². The van der Waals surface area contributed by atoms with E-state index in [1.54, 1.807) is 11.8 Å². The second kappa shape index (κ2) is 7.47. The largest absolute Gasteiger partial charge is 0.299 e. The van der Waals surface area contributed by atoms with Crippen molar-refractivity contribution in [2.75, 3.05) is 6.26 Å². The van der Waals surface area contributed by atoms with Gasteiger partial charge in [0.15, 0.2) is 0 Å². The number of carbonyl (C=O) groups is 1. The molecular weight excluding hydrogens is 300 g/mol. The van der Waals surface area contributed by atoms with E-state index >= 15 is 0 Å². The molecule has 0 heterocycles. The van der Waals surface area contributed by atoms with E-state index in [-0.39, 0.29) is 0 Å². The van der Waals surface area contributed by atoms with Crippen LogP contribution in [0.2, 0.25) is 0 Å². The first-order chi connectivity index (χ1) is 11.2. The highest BCUT2D eigenvalue weighted by molar-refractivity contribution is 7.98. The van der Waals surface area contributed by atoms with Gasteiger partial charge in [-0.2, -0.15) is 0 Å². The highest BCUT2D eigenvalue weighted by Crippen LogP contribution is 2.18. The van der Waals surface area contributed by atoms with Crippen LogP contribution in [0.4, 0.5) is 0 Å². The Labute approximate surface area is 141 Å². The lowest BCUT2D eigenvalue weighted by atomic mass is 10.0. The molecule has 1 nitrogen and oxygen atoms in total. The lowest BCUT2D eigenvalue weighted by molar-refractivity contribution is -0.118. The molecule has 0 aliphatic heterocycles. The van der Waals surface area contributed by atoms with Crippen molar-refractivity contribution in [2.24, 2.45) is 0 Å². The summed E-state index contributed by atoms with van der Waals surface area (Å²) in [6.07, 6.45) is 4.02. The predicted molar refractivity (Wildman–Crippen MR) is 99.2 cm³/mol. The Balaban J connectivity index is 1.59. The molecule has 23 heavy (non-hydrogen) atoms. The molecule has 0 saturated heterocycles. The molecule has 0 unspecified atom stereocenters. The Bertz CT molecular complexity index is 805. The van der Waals surface area contributed by atoms with Crippen molar-refractivity contribution in [1.29, 1.82) is 0 Å². The zero-order valence-corrected chi connectivity index (χ0v) is 14.1. The average molecular weight is 320 g/mol. The van der Waals surface area contributed by atoms with Crippen molar-refractivity contribution >= 4 is 28.3 Å². The summed E-state index contributed by atoms with van der Waals surface area (Å²) in [7, 11) is 0. The number of hydrogen-bond donors (Lipinski definition) is 0. The van der Waals surface area contributed by atoms with E-state index in [1.165, 1.54) is 21.2 Å². The summed E-state index contributed by atoms with van der Waals surface area (Å²) in [5.74, 6) is 0.300. The highest BCUT2D eigenvalue weighted by Gasteiger charge is 2.05. The molecule has 0 atom stereocenters. The second-order valence-electron chi connectivity index (χ2n) is 5.75. The van der Waals surface area contributed by atoms with Gasteiger partial charge in [-0.25, -0.2) is 0 Å². The van der Waals surface area contributed by atoms with E-state index in [0.717, 1.165) is 12.0 Å². The van der Waals surface area contributed by atoms with Crippen molar-refractivity contribution in [3.63, 3.8) is 0 Å². The number of ketones is 1. The number of benzene rings is 3. The first-order valence-corrected chi connectivity index (χ1v) is 9.09. The number of carbonyl (C=O) groups excluding carboxylic acids is 1. The van der Waals surface area contributed by atoms with Gasteiger partial charge < -0.3 is 0 Å². The van der Waals surface area contributed by atoms with Gasteiger partial charge in [-0.1, -0.05) is 54.6 Å². The summed E-state index contributed by atoms with van der Waals surface area (Å²) < 4.78 is 0. The summed E-state index contributed by atoms with van der Waals surface area (Å²) in [4.78, 5) is 13.5. The minimum Gasteiger partial charge on any atom is -0.299 e. The molecule has 0 saturated carbocycles. The Hall–Kier alpha value is -2.06. The van der Waals surface area contributed by atoms with Crippen molar-refractivity contribution in [2.45, 2.75) is 24.2 Å². The molecule has 0 fully saturated rings. The molecule has 0 aliphatic carbocycles. The topological polar surface area (TPSA) is 17.1 Å². The number of Topliss-reactive ketones (excluding diaryl/α,β-unsaturated/α-hetero) is 1. The Kier molecular flexibility index (Phi) is 5.14. The average Bonchev–Trinajstić information content (AvgIpc) is 2.60. The minimum atomic E-state index is 0.300. The van der Waals surface area contributed by atoms with Crippen LogP contribution in [-0.4, -0.2) is 12.0 Å². The minimum absolute atomic E-state index is 0.300. The molecular formula is C21H20OS. The molecule has 3 aromatic rings. The molecule has 0 aromatic heterocycles. The third-order valence-corrected chi connectivity index (χ3v) is 4.81. The van der Waals surface area contributed by atoms with Gasteiger partial charge in [-0.15, -0.1) is 11.8 Å². The first-order valence-electron chi connectivity index (χ1n) is 7.87. The molecule has 0 bridgehead atoms. The molecule has 3 rings (SSSR count). The lowest BCUT2D eigenvalue weighted by Crippen LogP contribution is -2.04. The van der Waals surface area contributed by atoms with Crippen molar-refractivity contribution in [3.05, 3.63) is 77.9 Å². The van der Waals surface area contributed by atoms with Gasteiger partial charge in [0.2, 0.25) is 0 Å². The third kappa shape index (κ3) is 4.23. The highest BCUT2D eigenvalue weighted by atomic mass is 32.2. The van der Waals surface area contributed by atoms with Gasteiger partial charge in [-0.3, -0.25) is 4.79 Å². The van der Waals surface area contributed by atoms with Crippen LogP contribution >= 0.6 is 11.8 Å². The summed E-state index contributed by atoms with van der Waals surface area (Å²) >= 11 is 1.74. The summed E-state index contributed by atoms with van der Waals surface area (Å²) in [6.45, 7) is 0. The van der Waals surface area contributed by atoms with Crippen LogP contribution in [-0.2, 0) is 17.6 Å². The zero-order chi connectivity index (χ0) is 16.1. The zero-order valence-electron chi connectivity index (χ0n) is 13.3. The van der Waals surface area contributed by atoms with Crippen LogP contribution in [0.1, 0.15) is 17.5 Å². The van der Waals surface area contributed by atoms with E-state index in [1.807, 2.05) is 12.1 Å². The fourth-order valence-electron chi connectivity index (χ4n) is 2.74. The maximum atomic E-state index is 12.2. The Morgan fingerprint density at radius 2 is 1.57 bits per heavy atom. The van der Waals surface area contributed by atoms with Gasteiger partial charge in [0.25, 0.3) is 0 Å². The summed E-state index contributed by atoms with van der Waals surface area (Å²) in [6, 6.07) is 23.0. The molecule has 116 valence electrons. The second-order valence-corrected chi connectivity index (χ2v) is 6.62. The van der Waals surface area contributed by atoms with E-state index in [4.69, 9.17) is 0 Å². The molecule has 0 aliphatic rings. The van der Waals surface area contributed by atoms with Crippen LogP contribution in [0.15, 0.2) is 71.6 Å². The molecule has 0 N–H and O–H groups in total. The summed E-state index contributed by atoms with van der Waals surface area (Å²) in [5, 5.41) is 2.42. The number of aryl methyl sites for hydroxylation is 1. The van der Waals surface area contributed by atoms with Crippen LogP contribution in [0.3, 0.4) is 0 Å². The van der Waals surface area contributed by atoms with Gasteiger partial charge in [0.05, 0.1) is 0 Å². The first kappa shape index (κ1) is 15.8. The SMILES string of the molecule is CSc1ccc(CCC(=O)Cc2ccc3ccccc3c2)cc1. The Morgan fingerprint density at radius 1 is 0.870 bits per heavy atom. The van der Waals surface area contributed by atoms with Crippen molar-refractivity contribution in [1.82, 2.24) is 0 Å². The van der Waals surface area contributed by atoms with E-state index in [0.29, 0.717) is 18.6 Å². The third-order valence-electron chi connectivity index (χ3n) is 4.07. The molecule has 0 radical (unpaired) electrons. The van der Waals surface area contributed by atoms with E-state index in [9.17, 15) is 4.79 Å². The fraction of sp³-hybridized carbons (Fsp3) is 0.190. The molecule has 2 heteroatoms. The smallest absolute Gasteiger partial charge is 0.137 e. The summed E-state index contributed by atoms with van der Waals surface area (Å²) in [5.41, 5.74) is 2.33. The number of thioether (sulfide) groups is 1. The van der Waals surface area contributed by atoms with Gasteiger partial charge >= 0.3 is 0 Å². The van der Waals surface area contributed by atoms with Crippen LogP contribution in [0.25, 0.3) is 10.8 Å². The quantitative estimate of drug-likeness (QED) is 0.573. The van der Waals surface area contributed by atoms with Crippen molar-refractivity contribution in [3.8, 4) is 0 Å². The maximum absolute atomic E-state index is 12.2. The number of rotatable bonds is 6. The lowest BCUT2D eigenvalue weighted by Gasteiger charge is -2.05. The normalized spacial score (nSPS) is 10.8. The maximum Gasteiger partial charge on any atom is 0.137 e. The van der Waals surface area contributed by atoms with Crippen LogP contribution < -0.4 is 0 Å². The standard InChI is InChI=1S/C21H20OS/c1-23-21-12-8-16(9-13-21)7-11-20(22)15-17-6-10-18-4-2-3-5-19(18)14-17/h2-6,8-10,12-14H,7,11,15H2,1H3. The monoisotopic (exact) mass is 320 g/mol. The van der Waals surface area contributed by atoms with Crippen molar-refractivity contribution < 1.29 is 4.79 Å². The fourth-order valence-corrected chi connectivity index (χ4v) is 3.15. The van der Waals surface area contributed by atoms with Gasteiger partial charge in [0.1, 0.15) is 5.78 Å². The molecule has 3 aromatic carbocycles. The molecule has 0 amide bonds. The van der Waals surface area contributed by atoms with E-state index < -0.39 is 0 Å². The van der Waals surface area contributed by atoms with Gasteiger partial charge in [0, 0.05) is 17.7 Å². The predicted octanol–water partition coefficient (Wildman–Crippen LogP) is 5.31. The molecule has 0 spiro atoms. The number of fused-ring (bicyclic) bond motifs is 1. The Morgan fingerprint density at radius 3 is 2.30 bits per heavy atom. The van der Waals surface area contributed by atoms with Gasteiger partial charge in [-0.05, 0) is 46.7 Å².